The highest BCUT2D eigenvalue weighted by atomic mass is 16.5. The summed E-state index contributed by atoms with van der Waals surface area (Å²) in [6, 6.07) is 10.1. The highest BCUT2D eigenvalue weighted by molar-refractivity contribution is 5.96. The maximum atomic E-state index is 12.2. The van der Waals surface area contributed by atoms with E-state index in [0.29, 0.717) is 23.3 Å². The number of fused-ring (bicyclic) bond motifs is 1. The van der Waals surface area contributed by atoms with Gasteiger partial charge in [-0.3, -0.25) is 9.78 Å². The number of ether oxygens (including phenoxy) is 1. The first kappa shape index (κ1) is 14.8. The van der Waals surface area contributed by atoms with E-state index < -0.39 is 11.5 Å². The summed E-state index contributed by atoms with van der Waals surface area (Å²) in [6.45, 7) is 0.303. The Bertz CT molecular complexity index is 903. The zero-order chi connectivity index (χ0) is 16.2. The van der Waals surface area contributed by atoms with E-state index in [1.807, 2.05) is 0 Å². The molecule has 0 spiro atoms. The van der Waals surface area contributed by atoms with E-state index in [4.69, 9.17) is 9.15 Å². The normalized spacial score (nSPS) is 10.5. The Balaban J connectivity index is 1.87. The Morgan fingerprint density at radius 1 is 1.22 bits per heavy atom. The fourth-order valence-corrected chi connectivity index (χ4v) is 2.16. The summed E-state index contributed by atoms with van der Waals surface area (Å²) >= 11 is 0. The lowest BCUT2D eigenvalue weighted by Gasteiger charge is -2.06. The van der Waals surface area contributed by atoms with Crippen LogP contribution >= 0.6 is 0 Å². The van der Waals surface area contributed by atoms with E-state index in [0.717, 1.165) is 5.56 Å². The predicted molar refractivity (Wildman–Crippen MR) is 84.4 cm³/mol. The quantitative estimate of drug-likeness (QED) is 0.747. The number of benzene rings is 1. The molecule has 23 heavy (non-hydrogen) atoms. The molecule has 2 aromatic heterocycles. The van der Waals surface area contributed by atoms with Crippen LogP contribution in [0, 0.1) is 0 Å². The van der Waals surface area contributed by atoms with Crippen molar-refractivity contribution >= 4 is 16.9 Å². The van der Waals surface area contributed by atoms with Crippen molar-refractivity contribution in [3.8, 4) is 5.75 Å². The van der Waals surface area contributed by atoms with Gasteiger partial charge in [0.15, 0.2) is 0 Å². The topological polar surface area (TPSA) is 81.4 Å². The van der Waals surface area contributed by atoms with Crippen molar-refractivity contribution in [3.05, 3.63) is 70.3 Å². The van der Waals surface area contributed by atoms with Crippen molar-refractivity contribution in [2.45, 2.75) is 6.54 Å². The van der Waals surface area contributed by atoms with Crippen LogP contribution in [0.1, 0.15) is 15.9 Å². The highest BCUT2D eigenvalue weighted by Gasteiger charge is 2.13. The van der Waals surface area contributed by atoms with Gasteiger partial charge in [0.05, 0.1) is 7.11 Å². The summed E-state index contributed by atoms with van der Waals surface area (Å²) in [5.74, 6) is 0.134. The van der Waals surface area contributed by atoms with Crippen LogP contribution in [-0.2, 0) is 6.54 Å². The second-order valence-corrected chi connectivity index (χ2v) is 4.89. The SMILES string of the molecule is COc1ccc2oc(=O)c(C(=O)NCc3ccncc3)cc2c1. The highest BCUT2D eigenvalue weighted by Crippen LogP contribution is 2.20. The van der Waals surface area contributed by atoms with Crippen LogP contribution in [0.15, 0.2) is 58.0 Å². The van der Waals surface area contributed by atoms with Gasteiger partial charge in [0.1, 0.15) is 16.9 Å². The second kappa shape index (κ2) is 6.31. The minimum Gasteiger partial charge on any atom is -0.497 e. The van der Waals surface area contributed by atoms with Crippen molar-refractivity contribution in [1.82, 2.24) is 10.3 Å². The van der Waals surface area contributed by atoms with Gasteiger partial charge in [0.2, 0.25) is 0 Å². The number of carbonyl (C=O) groups excluding carboxylic acids is 1. The molecule has 0 atom stereocenters. The Morgan fingerprint density at radius 2 is 2.00 bits per heavy atom. The lowest BCUT2D eigenvalue weighted by molar-refractivity contribution is 0.0947. The maximum absolute atomic E-state index is 12.2. The van der Waals surface area contributed by atoms with E-state index in [-0.39, 0.29) is 5.56 Å². The molecule has 6 heteroatoms. The maximum Gasteiger partial charge on any atom is 0.349 e. The molecule has 0 aliphatic heterocycles. The molecule has 0 radical (unpaired) electrons. The largest absolute Gasteiger partial charge is 0.497 e. The zero-order valence-electron chi connectivity index (χ0n) is 12.4. The van der Waals surface area contributed by atoms with E-state index in [1.54, 1.807) is 49.8 Å². The van der Waals surface area contributed by atoms with E-state index in [1.165, 1.54) is 6.07 Å². The average Bonchev–Trinajstić information content (AvgIpc) is 2.59. The molecular formula is C17H14N2O4. The number of hydrogen-bond donors (Lipinski definition) is 1. The Labute approximate surface area is 131 Å². The summed E-state index contributed by atoms with van der Waals surface area (Å²) in [6.07, 6.45) is 3.27. The molecule has 1 N–H and O–H groups in total. The lowest BCUT2D eigenvalue weighted by Crippen LogP contribution is -2.27. The molecule has 0 unspecified atom stereocenters. The molecule has 6 nitrogen and oxygen atoms in total. The first-order valence-electron chi connectivity index (χ1n) is 6.96. The summed E-state index contributed by atoms with van der Waals surface area (Å²) in [4.78, 5) is 28.1. The third kappa shape index (κ3) is 3.21. The molecule has 2 heterocycles. The molecular weight excluding hydrogens is 296 g/mol. The van der Waals surface area contributed by atoms with Crippen molar-refractivity contribution < 1.29 is 13.9 Å². The van der Waals surface area contributed by atoms with Gasteiger partial charge in [0, 0.05) is 24.3 Å². The molecule has 116 valence electrons. The van der Waals surface area contributed by atoms with Crippen LogP contribution in [-0.4, -0.2) is 18.0 Å². The van der Waals surface area contributed by atoms with Crippen molar-refractivity contribution in [1.29, 1.82) is 0 Å². The van der Waals surface area contributed by atoms with Gasteiger partial charge >= 0.3 is 5.63 Å². The second-order valence-electron chi connectivity index (χ2n) is 4.89. The molecule has 0 fully saturated rings. The molecule has 1 amide bonds. The fraction of sp³-hybridized carbons (Fsp3) is 0.118. The number of nitrogens with zero attached hydrogens (tertiary/aromatic N) is 1. The van der Waals surface area contributed by atoms with E-state index >= 15 is 0 Å². The number of methoxy groups -OCH3 is 1. The summed E-state index contributed by atoms with van der Waals surface area (Å²) in [5.41, 5.74) is 0.580. The summed E-state index contributed by atoms with van der Waals surface area (Å²) in [7, 11) is 1.54. The number of hydrogen-bond acceptors (Lipinski definition) is 5. The third-order valence-corrected chi connectivity index (χ3v) is 3.39. The van der Waals surface area contributed by atoms with Crippen LogP contribution in [0.25, 0.3) is 11.0 Å². The molecule has 3 aromatic rings. The monoisotopic (exact) mass is 310 g/mol. The van der Waals surface area contributed by atoms with Crippen LogP contribution in [0.3, 0.4) is 0 Å². The number of nitrogens with one attached hydrogen (secondary N) is 1. The summed E-state index contributed by atoms with van der Waals surface area (Å²) < 4.78 is 10.3. The number of pyridine rings is 1. The molecule has 0 aliphatic carbocycles. The molecule has 0 aliphatic rings. The summed E-state index contributed by atoms with van der Waals surface area (Å²) in [5, 5.41) is 3.31. The predicted octanol–water partition coefficient (Wildman–Crippen LogP) is 2.13. The van der Waals surface area contributed by atoms with Gasteiger partial charge in [-0.05, 0) is 42.0 Å². The number of amides is 1. The van der Waals surface area contributed by atoms with Crippen molar-refractivity contribution in [2.75, 3.05) is 7.11 Å². The number of carbonyl (C=O) groups is 1. The van der Waals surface area contributed by atoms with Crippen LogP contribution < -0.4 is 15.7 Å². The Morgan fingerprint density at radius 3 is 2.74 bits per heavy atom. The molecule has 0 saturated carbocycles. The number of rotatable bonds is 4. The smallest absolute Gasteiger partial charge is 0.349 e. The molecule has 3 rings (SSSR count). The fourth-order valence-electron chi connectivity index (χ4n) is 2.16. The van der Waals surface area contributed by atoms with Gasteiger partial charge in [-0.25, -0.2) is 4.79 Å². The van der Waals surface area contributed by atoms with Crippen LogP contribution in [0.4, 0.5) is 0 Å². The Hall–Kier alpha value is -3.15. The van der Waals surface area contributed by atoms with E-state index in [9.17, 15) is 9.59 Å². The minimum atomic E-state index is -0.671. The van der Waals surface area contributed by atoms with Crippen molar-refractivity contribution in [2.24, 2.45) is 0 Å². The Kier molecular flexibility index (Phi) is 4.05. The van der Waals surface area contributed by atoms with Gasteiger partial charge in [-0.1, -0.05) is 0 Å². The molecule has 0 saturated heterocycles. The standard InChI is InChI=1S/C17H14N2O4/c1-22-13-2-3-15-12(8-13)9-14(17(21)23-15)16(20)19-10-11-4-6-18-7-5-11/h2-9H,10H2,1H3,(H,19,20). The number of aromatic nitrogens is 1. The van der Waals surface area contributed by atoms with Crippen LogP contribution in [0.2, 0.25) is 0 Å². The minimum absolute atomic E-state index is 0.0418. The van der Waals surface area contributed by atoms with Crippen molar-refractivity contribution in [3.63, 3.8) is 0 Å². The van der Waals surface area contributed by atoms with Gasteiger partial charge in [-0.2, -0.15) is 0 Å². The molecule has 0 bridgehead atoms. The molecule has 1 aromatic carbocycles. The van der Waals surface area contributed by atoms with Gasteiger partial charge in [0.25, 0.3) is 5.91 Å². The van der Waals surface area contributed by atoms with E-state index in [2.05, 4.69) is 10.3 Å². The zero-order valence-corrected chi connectivity index (χ0v) is 12.4. The van der Waals surface area contributed by atoms with Crippen LogP contribution in [0.5, 0.6) is 5.75 Å². The lowest BCUT2D eigenvalue weighted by atomic mass is 10.1. The first-order chi connectivity index (χ1) is 11.2. The average molecular weight is 310 g/mol. The van der Waals surface area contributed by atoms with Gasteiger partial charge < -0.3 is 14.5 Å². The van der Waals surface area contributed by atoms with Gasteiger partial charge in [-0.15, -0.1) is 0 Å². The first-order valence-corrected chi connectivity index (χ1v) is 6.96. The third-order valence-electron chi connectivity index (χ3n) is 3.39.